The molecule has 0 atom stereocenters. The number of hydrogen-bond acceptors (Lipinski definition) is 2. The molecule has 4 heteroatoms. The number of nitrogens with zero attached hydrogens (tertiary/aromatic N) is 2. The molecule has 0 bridgehead atoms. The van der Waals surface area contributed by atoms with Crippen molar-refractivity contribution in [1.82, 2.24) is 9.97 Å². The lowest BCUT2D eigenvalue weighted by Crippen LogP contribution is -2.74. The lowest BCUT2D eigenvalue weighted by Gasteiger charge is -2.35. The molecule has 0 N–H and O–H groups in total. The Labute approximate surface area is 344 Å². The van der Waals surface area contributed by atoms with Crippen molar-refractivity contribution < 1.29 is 0 Å². The Hall–Kier alpha value is -6.73. The highest BCUT2D eigenvalue weighted by Gasteiger charge is 2.42. The summed E-state index contributed by atoms with van der Waals surface area (Å²) in [5.74, 6) is 0.774. The maximum Gasteiger partial charge on any atom is 0.179 e. The van der Waals surface area contributed by atoms with Crippen LogP contribution in [-0.2, 0) is 0 Å². The predicted octanol–water partition coefficient (Wildman–Crippen LogP) is 7.18. The van der Waals surface area contributed by atoms with Crippen molar-refractivity contribution in [3.05, 3.63) is 242 Å². The first-order chi connectivity index (χ1) is 28.6. The second kappa shape index (κ2) is 16.0. The predicted molar refractivity (Wildman–Crippen MR) is 250 cm³/mol. The molecule has 8 aromatic carbocycles. The Morgan fingerprint density at radius 2 is 0.569 bits per heavy atom. The minimum Gasteiger partial charge on any atom is -0.241 e. The van der Waals surface area contributed by atoms with E-state index in [0.717, 1.165) is 17.0 Å². The van der Waals surface area contributed by atoms with Crippen molar-refractivity contribution >= 4 is 57.6 Å². The molecule has 0 saturated heterocycles. The fourth-order valence-electron chi connectivity index (χ4n) is 8.91. The van der Waals surface area contributed by atoms with Crippen molar-refractivity contribution in [2.45, 2.75) is 13.8 Å². The maximum absolute atomic E-state index is 4.46. The van der Waals surface area contributed by atoms with Gasteiger partial charge in [0.15, 0.2) is 16.1 Å². The number of aryl methyl sites for hydroxylation is 2. The molecule has 2 nitrogen and oxygen atoms in total. The van der Waals surface area contributed by atoms with Crippen LogP contribution in [0.25, 0.3) is 22.3 Å². The summed E-state index contributed by atoms with van der Waals surface area (Å²) in [5, 5.41) is 10.9. The molecule has 9 aromatic rings. The summed E-state index contributed by atoms with van der Waals surface area (Å²) in [6.45, 7) is 4.12. The first kappa shape index (κ1) is 36.9. The summed E-state index contributed by atoms with van der Waals surface area (Å²) in [6, 6.07) is 81.7. The second-order valence-corrected chi connectivity index (χ2v) is 22.7. The zero-order valence-electron chi connectivity index (χ0n) is 32.8. The van der Waals surface area contributed by atoms with Gasteiger partial charge >= 0.3 is 0 Å². The number of benzene rings is 8. The Morgan fingerprint density at radius 1 is 0.276 bits per heavy atom. The number of hydrogen-bond donors (Lipinski definition) is 0. The van der Waals surface area contributed by atoms with Crippen LogP contribution in [0.5, 0.6) is 0 Å². The molecule has 0 spiro atoms. The molecule has 0 radical (unpaired) electrons. The van der Waals surface area contributed by atoms with Gasteiger partial charge in [0.05, 0.1) is 0 Å². The van der Waals surface area contributed by atoms with Crippen molar-refractivity contribution in [2.24, 2.45) is 0 Å². The van der Waals surface area contributed by atoms with E-state index in [1.807, 2.05) is 19.3 Å². The monoisotopic (exact) mass is 776 g/mol. The zero-order valence-corrected chi connectivity index (χ0v) is 34.8. The molecule has 0 aliphatic rings. The first-order valence-electron chi connectivity index (χ1n) is 20.0. The summed E-state index contributed by atoms with van der Waals surface area (Å²) in [7, 11) is -5.36. The highest BCUT2D eigenvalue weighted by atomic mass is 28.3. The van der Waals surface area contributed by atoms with E-state index in [2.05, 4.69) is 235 Å². The largest absolute Gasteiger partial charge is 0.241 e. The van der Waals surface area contributed by atoms with Crippen LogP contribution in [0.4, 0.5) is 0 Å². The SMILES string of the molecule is Cc1cccc([Si](c2ccccc2)(c2ccccc2)c2ccc(-c3ccc([Si](c4ccccc4)(c4ccccc4)c4ccc(-c5cnc(C)nc5)cc4)cc3)cc2)c1. The molecule has 0 amide bonds. The third-order valence-electron chi connectivity index (χ3n) is 11.7. The lowest BCUT2D eigenvalue weighted by molar-refractivity contribution is 1.06. The maximum atomic E-state index is 4.46. The van der Waals surface area contributed by atoms with Gasteiger partial charge in [0.1, 0.15) is 5.82 Å². The van der Waals surface area contributed by atoms with Crippen LogP contribution in [0.15, 0.2) is 231 Å². The summed E-state index contributed by atoms with van der Waals surface area (Å²) < 4.78 is 0. The van der Waals surface area contributed by atoms with E-state index >= 15 is 0 Å². The Balaban J connectivity index is 1.16. The summed E-state index contributed by atoms with van der Waals surface area (Å²) >= 11 is 0. The van der Waals surface area contributed by atoms with E-state index in [4.69, 9.17) is 0 Å². The molecule has 1 aromatic heterocycles. The average Bonchev–Trinajstić information content (AvgIpc) is 3.29. The van der Waals surface area contributed by atoms with Crippen molar-refractivity contribution in [2.75, 3.05) is 0 Å². The van der Waals surface area contributed by atoms with E-state index < -0.39 is 16.1 Å². The minimum absolute atomic E-state index is 0.774. The van der Waals surface area contributed by atoms with Crippen molar-refractivity contribution in [1.29, 1.82) is 0 Å². The van der Waals surface area contributed by atoms with E-state index in [1.54, 1.807) is 0 Å². The molecular weight excluding hydrogens is 733 g/mol. The molecule has 0 fully saturated rings. The normalized spacial score (nSPS) is 11.6. The Bertz CT molecular complexity index is 2660. The molecule has 0 aliphatic carbocycles. The van der Waals surface area contributed by atoms with Gasteiger partial charge in [-0.2, -0.15) is 0 Å². The summed E-state index contributed by atoms with van der Waals surface area (Å²) in [5.41, 5.74) is 5.82. The third-order valence-corrected chi connectivity index (χ3v) is 21.3. The van der Waals surface area contributed by atoms with Crippen LogP contribution in [-0.4, -0.2) is 26.1 Å². The quantitative estimate of drug-likeness (QED) is 0.109. The molecule has 9 rings (SSSR count). The molecule has 0 saturated carbocycles. The fraction of sp³-hybridized carbons (Fsp3) is 0.0370. The van der Waals surface area contributed by atoms with Crippen molar-refractivity contribution in [3.63, 3.8) is 0 Å². The van der Waals surface area contributed by atoms with E-state index in [-0.39, 0.29) is 0 Å². The van der Waals surface area contributed by atoms with Gasteiger partial charge in [-0.3, -0.25) is 0 Å². The number of aromatic nitrogens is 2. The van der Waals surface area contributed by atoms with Crippen LogP contribution in [0.3, 0.4) is 0 Å². The second-order valence-electron chi connectivity index (χ2n) is 15.1. The fourth-order valence-corrected chi connectivity index (χ4v) is 18.5. The molecule has 0 unspecified atom stereocenters. The first-order valence-corrected chi connectivity index (χ1v) is 24.0. The van der Waals surface area contributed by atoms with Crippen LogP contribution < -0.4 is 41.5 Å². The van der Waals surface area contributed by atoms with Gasteiger partial charge in [-0.05, 0) is 72.0 Å². The molecule has 1 heterocycles. The van der Waals surface area contributed by atoms with Gasteiger partial charge < -0.3 is 0 Å². The minimum atomic E-state index is -2.73. The highest BCUT2D eigenvalue weighted by molar-refractivity contribution is 7.20. The van der Waals surface area contributed by atoms with Crippen LogP contribution >= 0.6 is 0 Å². The summed E-state index contributed by atoms with van der Waals surface area (Å²) in [4.78, 5) is 8.93. The molecule has 58 heavy (non-hydrogen) atoms. The zero-order chi connectivity index (χ0) is 39.4. The van der Waals surface area contributed by atoms with Gasteiger partial charge in [-0.15, -0.1) is 0 Å². The van der Waals surface area contributed by atoms with Crippen LogP contribution in [0, 0.1) is 13.8 Å². The molecular formula is C54H44N2Si2. The van der Waals surface area contributed by atoms with E-state index in [0.29, 0.717) is 0 Å². The van der Waals surface area contributed by atoms with Gasteiger partial charge in [0.25, 0.3) is 0 Å². The van der Waals surface area contributed by atoms with Gasteiger partial charge in [-0.25, -0.2) is 9.97 Å². The van der Waals surface area contributed by atoms with Crippen molar-refractivity contribution in [3.8, 4) is 22.3 Å². The summed E-state index contributed by atoms with van der Waals surface area (Å²) in [6.07, 6.45) is 3.82. The van der Waals surface area contributed by atoms with Gasteiger partial charge in [0.2, 0.25) is 0 Å². The van der Waals surface area contributed by atoms with Crippen LogP contribution in [0.2, 0.25) is 0 Å². The lowest BCUT2D eigenvalue weighted by atomic mass is 10.1. The molecule has 278 valence electrons. The van der Waals surface area contributed by atoms with Gasteiger partial charge in [0, 0.05) is 18.0 Å². The topological polar surface area (TPSA) is 25.8 Å². The molecule has 0 aliphatic heterocycles. The number of rotatable bonds is 10. The smallest absolute Gasteiger partial charge is 0.179 e. The van der Waals surface area contributed by atoms with E-state index in [9.17, 15) is 0 Å². The Morgan fingerprint density at radius 3 is 0.914 bits per heavy atom. The Kier molecular flexibility index (Phi) is 10.2. The average molecular weight is 777 g/mol. The van der Waals surface area contributed by atoms with Crippen LogP contribution in [0.1, 0.15) is 11.4 Å². The van der Waals surface area contributed by atoms with Gasteiger partial charge in [-0.1, -0.05) is 224 Å². The van der Waals surface area contributed by atoms with E-state index in [1.165, 1.54) is 58.2 Å². The third kappa shape index (κ3) is 6.66. The highest BCUT2D eigenvalue weighted by Crippen LogP contribution is 2.22. The standard InChI is InChI=1S/C54H44N2Si2/c1-41-16-15-25-54(38-41)58(49-21-11-5-12-22-49,50-23-13-6-14-24-50)53-34-28-44(29-35-53)43-26-32-51(33-27-43)57(47-17-7-3-8-18-47,48-19-9-4-10-20-48)52-36-30-45(31-37-52)46-39-55-42(2)56-40-46/h3-40H,1-2H3.